The molecule has 0 aliphatic carbocycles. The Balaban J connectivity index is 1.67. The summed E-state index contributed by atoms with van der Waals surface area (Å²) in [7, 11) is 3.17. The predicted octanol–water partition coefficient (Wildman–Crippen LogP) is 5.46. The number of ether oxygens (including phenoxy) is 3. The summed E-state index contributed by atoms with van der Waals surface area (Å²) in [6, 6.07) is 17.4. The normalized spacial score (nSPS) is 10.4. The SMILES string of the molecule is COc1ccc(NCc2cc(Cl)c(OCc3ccc([N+](=O)[O-])cc3)c(OC)c2)cc1. The van der Waals surface area contributed by atoms with E-state index in [1.54, 1.807) is 26.4 Å². The van der Waals surface area contributed by atoms with Crippen LogP contribution in [0.4, 0.5) is 11.4 Å². The molecule has 8 heteroatoms. The van der Waals surface area contributed by atoms with E-state index in [1.807, 2.05) is 36.4 Å². The molecule has 0 saturated carbocycles. The molecule has 3 aromatic carbocycles. The van der Waals surface area contributed by atoms with E-state index in [0.29, 0.717) is 23.1 Å². The summed E-state index contributed by atoms with van der Waals surface area (Å²) in [6.45, 7) is 0.753. The largest absolute Gasteiger partial charge is 0.497 e. The van der Waals surface area contributed by atoms with Gasteiger partial charge in [-0.1, -0.05) is 11.6 Å². The van der Waals surface area contributed by atoms with Crippen molar-refractivity contribution < 1.29 is 19.1 Å². The number of halogens is 1. The number of benzene rings is 3. The number of hydrogen-bond donors (Lipinski definition) is 1. The Bertz CT molecular complexity index is 1010. The van der Waals surface area contributed by atoms with E-state index in [0.717, 1.165) is 22.6 Å². The Morgan fingerprint density at radius 3 is 2.27 bits per heavy atom. The molecule has 3 rings (SSSR count). The molecule has 0 saturated heterocycles. The van der Waals surface area contributed by atoms with Crippen LogP contribution in [0.3, 0.4) is 0 Å². The summed E-state index contributed by atoms with van der Waals surface area (Å²) in [5, 5.41) is 14.5. The zero-order valence-electron chi connectivity index (χ0n) is 16.6. The van der Waals surface area contributed by atoms with Crippen LogP contribution in [0.1, 0.15) is 11.1 Å². The topological polar surface area (TPSA) is 82.9 Å². The highest BCUT2D eigenvalue weighted by molar-refractivity contribution is 6.32. The zero-order valence-corrected chi connectivity index (χ0v) is 17.3. The molecule has 0 aromatic heterocycles. The summed E-state index contributed by atoms with van der Waals surface area (Å²) >= 11 is 6.43. The van der Waals surface area contributed by atoms with Gasteiger partial charge in [-0.25, -0.2) is 0 Å². The molecule has 0 heterocycles. The van der Waals surface area contributed by atoms with Crippen LogP contribution >= 0.6 is 11.6 Å². The van der Waals surface area contributed by atoms with Crippen LogP contribution in [0.15, 0.2) is 60.7 Å². The summed E-state index contributed by atoms with van der Waals surface area (Å²) in [5.74, 6) is 1.72. The van der Waals surface area contributed by atoms with Gasteiger partial charge in [0.15, 0.2) is 11.5 Å². The molecule has 0 fully saturated rings. The fourth-order valence-electron chi connectivity index (χ4n) is 2.80. The minimum Gasteiger partial charge on any atom is -0.497 e. The number of nitro groups is 1. The second-order valence-corrected chi connectivity index (χ2v) is 6.81. The number of rotatable bonds is 9. The smallest absolute Gasteiger partial charge is 0.269 e. The van der Waals surface area contributed by atoms with E-state index in [2.05, 4.69) is 5.32 Å². The number of non-ortho nitro benzene ring substituents is 1. The summed E-state index contributed by atoms with van der Waals surface area (Å²) in [6.07, 6.45) is 0. The van der Waals surface area contributed by atoms with Crippen molar-refractivity contribution in [3.63, 3.8) is 0 Å². The molecule has 0 aliphatic rings. The third-order valence-corrected chi connectivity index (χ3v) is 4.69. The molecular formula is C22H21ClN2O5. The van der Waals surface area contributed by atoms with Crippen LogP contribution in [-0.2, 0) is 13.2 Å². The highest BCUT2D eigenvalue weighted by atomic mass is 35.5. The first-order valence-corrected chi connectivity index (χ1v) is 9.48. The quantitative estimate of drug-likeness (QED) is 0.360. The molecule has 0 radical (unpaired) electrons. The van der Waals surface area contributed by atoms with Gasteiger partial charge in [0.2, 0.25) is 0 Å². The number of nitro benzene ring substituents is 1. The zero-order chi connectivity index (χ0) is 21.5. The Morgan fingerprint density at radius 2 is 1.67 bits per heavy atom. The van der Waals surface area contributed by atoms with Crippen LogP contribution in [0.5, 0.6) is 17.2 Å². The number of nitrogens with one attached hydrogen (secondary N) is 1. The van der Waals surface area contributed by atoms with E-state index >= 15 is 0 Å². The average Bonchev–Trinajstić information content (AvgIpc) is 2.77. The summed E-state index contributed by atoms with van der Waals surface area (Å²) < 4.78 is 16.4. The van der Waals surface area contributed by atoms with E-state index in [9.17, 15) is 10.1 Å². The van der Waals surface area contributed by atoms with E-state index in [-0.39, 0.29) is 12.3 Å². The van der Waals surface area contributed by atoms with E-state index < -0.39 is 4.92 Å². The molecule has 0 atom stereocenters. The molecule has 0 unspecified atom stereocenters. The summed E-state index contributed by atoms with van der Waals surface area (Å²) in [4.78, 5) is 10.3. The fraction of sp³-hybridized carbons (Fsp3) is 0.182. The molecule has 0 bridgehead atoms. The molecule has 0 amide bonds. The highest BCUT2D eigenvalue weighted by Crippen LogP contribution is 2.37. The van der Waals surface area contributed by atoms with Crippen molar-refractivity contribution in [2.75, 3.05) is 19.5 Å². The lowest BCUT2D eigenvalue weighted by Crippen LogP contribution is -2.03. The lowest BCUT2D eigenvalue weighted by atomic mass is 10.2. The van der Waals surface area contributed by atoms with Crippen LogP contribution in [0.2, 0.25) is 5.02 Å². The fourth-order valence-corrected chi connectivity index (χ4v) is 3.09. The van der Waals surface area contributed by atoms with Gasteiger partial charge >= 0.3 is 0 Å². The van der Waals surface area contributed by atoms with Crippen molar-refractivity contribution in [1.29, 1.82) is 0 Å². The van der Waals surface area contributed by atoms with Crippen molar-refractivity contribution in [2.24, 2.45) is 0 Å². The first-order valence-electron chi connectivity index (χ1n) is 9.10. The van der Waals surface area contributed by atoms with Crippen molar-refractivity contribution in [3.05, 3.63) is 86.9 Å². The maximum Gasteiger partial charge on any atom is 0.269 e. The predicted molar refractivity (Wildman–Crippen MR) is 116 cm³/mol. The van der Waals surface area contributed by atoms with Crippen molar-refractivity contribution in [1.82, 2.24) is 0 Å². The highest BCUT2D eigenvalue weighted by Gasteiger charge is 2.13. The van der Waals surface area contributed by atoms with Gasteiger partial charge in [-0.2, -0.15) is 0 Å². The third kappa shape index (κ3) is 5.33. The second-order valence-electron chi connectivity index (χ2n) is 6.40. The molecule has 30 heavy (non-hydrogen) atoms. The van der Waals surface area contributed by atoms with Gasteiger partial charge < -0.3 is 19.5 Å². The summed E-state index contributed by atoms with van der Waals surface area (Å²) in [5.41, 5.74) is 2.69. The molecule has 1 N–H and O–H groups in total. The molecule has 156 valence electrons. The number of nitrogens with zero attached hydrogens (tertiary/aromatic N) is 1. The van der Waals surface area contributed by atoms with Gasteiger partial charge in [0.1, 0.15) is 12.4 Å². The van der Waals surface area contributed by atoms with Gasteiger partial charge in [0.05, 0.1) is 24.2 Å². The van der Waals surface area contributed by atoms with Crippen LogP contribution in [0, 0.1) is 10.1 Å². The monoisotopic (exact) mass is 428 g/mol. The Morgan fingerprint density at radius 1 is 0.967 bits per heavy atom. The first-order chi connectivity index (χ1) is 14.5. The third-order valence-electron chi connectivity index (χ3n) is 4.41. The van der Waals surface area contributed by atoms with Crippen molar-refractivity contribution >= 4 is 23.0 Å². The minimum absolute atomic E-state index is 0.0306. The van der Waals surface area contributed by atoms with E-state index in [1.165, 1.54) is 12.1 Å². The number of anilines is 1. The lowest BCUT2D eigenvalue weighted by molar-refractivity contribution is -0.384. The minimum atomic E-state index is -0.441. The maximum absolute atomic E-state index is 10.8. The van der Waals surface area contributed by atoms with Crippen LogP contribution in [-0.4, -0.2) is 19.1 Å². The lowest BCUT2D eigenvalue weighted by Gasteiger charge is -2.15. The maximum atomic E-state index is 10.8. The Labute approximate surface area is 179 Å². The second kappa shape index (κ2) is 9.84. The molecular weight excluding hydrogens is 408 g/mol. The molecule has 7 nitrogen and oxygen atoms in total. The molecule has 3 aromatic rings. The van der Waals surface area contributed by atoms with Crippen molar-refractivity contribution in [2.45, 2.75) is 13.2 Å². The Hall–Kier alpha value is -3.45. The number of hydrogen-bond acceptors (Lipinski definition) is 6. The molecule has 0 spiro atoms. The van der Waals surface area contributed by atoms with E-state index in [4.69, 9.17) is 25.8 Å². The van der Waals surface area contributed by atoms with Gasteiger partial charge in [-0.05, 0) is 59.7 Å². The van der Waals surface area contributed by atoms with Crippen molar-refractivity contribution in [3.8, 4) is 17.2 Å². The molecule has 0 aliphatic heterocycles. The average molecular weight is 429 g/mol. The van der Waals surface area contributed by atoms with Crippen LogP contribution < -0.4 is 19.5 Å². The van der Waals surface area contributed by atoms with Gasteiger partial charge in [0.25, 0.3) is 5.69 Å². The van der Waals surface area contributed by atoms with Gasteiger partial charge in [-0.3, -0.25) is 10.1 Å². The first kappa shape index (κ1) is 21.3. The van der Waals surface area contributed by atoms with Gasteiger partial charge in [0, 0.05) is 24.4 Å². The number of methoxy groups -OCH3 is 2. The van der Waals surface area contributed by atoms with Crippen LogP contribution in [0.25, 0.3) is 0 Å². The standard InChI is InChI=1S/C22H21ClN2O5/c1-28-19-9-5-17(6-10-19)24-13-16-11-20(23)22(21(12-16)29-2)30-14-15-3-7-18(8-4-15)25(26)27/h3-12,24H,13-14H2,1-2H3. The Kier molecular flexibility index (Phi) is 6.98. The van der Waals surface area contributed by atoms with Gasteiger partial charge in [-0.15, -0.1) is 0 Å².